The van der Waals surface area contributed by atoms with Crippen molar-refractivity contribution in [3.63, 3.8) is 0 Å². The van der Waals surface area contributed by atoms with Gasteiger partial charge in [-0.1, -0.05) is 36.4 Å². The normalized spacial score (nSPS) is 26.0. The first-order chi connectivity index (χ1) is 14.3. The highest BCUT2D eigenvalue weighted by Crippen LogP contribution is 2.42. The third-order valence-corrected chi connectivity index (χ3v) is 6.66. The summed E-state index contributed by atoms with van der Waals surface area (Å²) in [5, 5.41) is 8.45. The van der Waals surface area contributed by atoms with Crippen LogP contribution in [-0.2, 0) is 13.6 Å². The molecule has 5 heteroatoms. The Bertz CT molecular complexity index is 936. The Labute approximate surface area is 172 Å². The average Bonchev–Trinajstić information content (AvgIpc) is 3.17. The van der Waals surface area contributed by atoms with Crippen LogP contribution in [0.5, 0.6) is 0 Å². The van der Waals surface area contributed by atoms with Crippen molar-refractivity contribution in [3.05, 3.63) is 72.2 Å². The quantitative estimate of drug-likeness (QED) is 0.704. The maximum absolute atomic E-state index is 4.82. The summed E-state index contributed by atoms with van der Waals surface area (Å²) in [4.78, 5) is 7.10. The van der Waals surface area contributed by atoms with Gasteiger partial charge in [0.05, 0.1) is 11.4 Å². The first kappa shape index (κ1) is 18.5. The van der Waals surface area contributed by atoms with E-state index < -0.39 is 0 Å². The molecule has 1 aromatic carbocycles. The number of piperidine rings is 3. The summed E-state index contributed by atoms with van der Waals surface area (Å²) in [6.07, 6.45) is 4.43. The molecule has 150 valence electrons. The Morgan fingerprint density at radius 2 is 1.97 bits per heavy atom. The van der Waals surface area contributed by atoms with Crippen molar-refractivity contribution in [2.75, 3.05) is 19.6 Å². The standard InChI is InChI=1S/C24H29N5/c1-28-24(14-23(27-28)18-7-3-2-4-8-18)22-17-29-12-10-19(22)13-21(29)16-25-15-20-9-5-6-11-26-20/h2-9,11,14,19,21-22,25H,10,12-13,15-17H2,1H3. The molecule has 3 aliphatic rings. The van der Waals surface area contributed by atoms with Gasteiger partial charge in [-0.2, -0.15) is 5.10 Å². The van der Waals surface area contributed by atoms with Crippen LogP contribution in [0.2, 0.25) is 0 Å². The Balaban J connectivity index is 1.24. The fourth-order valence-corrected chi connectivity index (χ4v) is 5.13. The molecule has 0 aliphatic carbocycles. The number of pyridine rings is 1. The number of fused-ring (bicyclic) bond motifs is 3. The third-order valence-electron chi connectivity index (χ3n) is 6.66. The SMILES string of the molecule is Cn1nc(-c2ccccc2)cc1C1CN2CCC1CC2CNCc1ccccn1. The number of aromatic nitrogens is 3. The minimum atomic E-state index is 0.589. The fraction of sp³-hybridized carbons (Fsp3) is 0.417. The zero-order valence-corrected chi connectivity index (χ0v) is 17.0. The first-order valence-electron chi connectivity index (χ1n) is 10.7. The summed E-state index contributed by atoms with van der Waals surface area (Å²) in [7, 11) is 2.10. The Kier molecular flexibility index (Phi) is 5.17. The zero-order valence-electron chi connectivity index (χ0n) is 17.0. The number of hydrogen-bond acceptors (Lipinski definition) is 4. The van der Waals surface area contributed by atoms with Gasteiger partial charge < -0.3 is 5.32 Å². The minimum absolute atomic E-state index is 0.589. The molecule has 0 spiro atoms. The van der Waals surface area contributed by atoms with E-state index in [4.69, 9.17) is 5.10 Å². The molecule has 3 aromatic rings. The topological polar surface area (TPSA) is 46.0 Å². The van der Waals surface area contributed by atoms with E-state index in [-0.39, 0.29) is 0 Å². The molecule has 2 aromatic heterocycles. The molecule has 3 fully saturated rings. The Hall–Kier alpha value is -2.50. The van der Waals surface area contributed by atoms with Crippen LogP contribution >= 0.6 is 0 Å². The van der Waals surface area contributed by atoms with Crippen molar-refractivity contribution in [1.82, 2.24) is 25.0 Å². The molecule has 6 rings (SSSR count). The van der Waals surface area contributed by atoms with Crippen molar-refractivity contribution in [2.45, 2.75) is 31.3 Å². The largest absolute Gasteiger partial charge is 0.310 e. The van der Waals surface area contributed by atoms with E-state index >= 15 is 0 Å². The second-order valence-corrected chi connectivity index (χ2v) is 8.44. The van der Waals surface area contributed by atoms with Gasteiger partial charge in [-0.3, -0.25) is 14.6 Å². The highest BCUT2D eigenvalue weighted by Gasteiger charge is 2.41. The second kappa shape index (κ2) is 8.09. The lowest BCUT2D eigenvalue weighted by molar-refractivity contribution is 0.0281. The highest BCUT2D eigenvalue weighted by atomic mass is 15.3. The summed E-state index contributed by atoms with van der Waals surface area (Å²) in [5.74, 6) is 1.34. The molecular formula is C24H29N5. The highest BCUT2D eigenvalue weighted by molar-refractivity contribution is 5.59. The Morgan fingerprint density at radius 1 is 1.10 bits per heavy atom. The van der Waals surface area contributed by atoms with Crippen molar-refractivity contribution in [2.24, 2.45) is 13.0 Å². The minimum Gasteiger partial charge on any atom is -0.310 e. The fourth-order valence-electron chi connectivity index (χ4n) is 5.13. The van der Waals surface area contributed by atoms with E-state index in [0.29, 0.717) is 12.0 Å². The molecule has 1 N–H and O–H groups in total. The van der Waals surface area contributed by atoms with E-state index in [2.05, 4.69) is 75.5 Å². The van der Waals surface area contributed by atoms with Crippen LogP contribution in [0.25, 0.3) is 11.3 Å². The van der Waals surface area contributed by atoms with Crippen LogP contribution in [-0.4, -0.2) is 45.3 Å². The second-order valence-electron chi connectivity index (χ2n) is 8.44. The predicted octanol–water partition coefficient (Wildman–Crippen LogP) is 3.45. The van der Waals surface area contributed by atoms with Gasteiger partial charge in [-0.25, -0.2) is 0 Å². The smallest absolute Gasteiger partial charge is 0.0926 e. The van der Waals surface area contributed by atoms with Crippen LogP contribution in [0.3, 0.4) is 0 Å². The monoisotopic (exact) mass is 387 g/mol. The van der Waals surface area contributed by atoms with Gasteiger partial charge in [0.25, 0.3) is 0 Å². The predicted molar refractivity (Wildman–Crippen MR) is 115 cm³/mol. The number of rotatable bonds is 6. The lowest BCUT2D eigenvalue weighted by Crippen LogP contribution is -2.55. The number of benzene rings is 1. The zero-order chi connectivity index (χ0) is 19.6. The molecule has 4 unspecified atom stereocenters. The summed E-state index contributed by atoms with van der Waals surface area (Å²) in [5.41, 5.74) is 4.79. The first-order valence-corrected chi connectivity index (χ1v) is 10.7. The number of nitrogens with zero attached hydrogens (tertiary/aromatic N) is 4. The summed E-state index contributed by atoms with van der Waals surface area (Å²) < 4.78 is 2.11. The summed E-state index contributed by atoms with van der Waals surface area (Å²) in [6.45, 7) is 4.26. The maximum Gasteiger partial charge on any atom is 0.0926 e. The van der Waals surface area contributed by atoms with Crippen LogP contribution in [0.15, 0.2) is 60.8 Å². The molecule has 0 radical (unpaired) electrons. The van der Waals surface area contributed by atoms with Gasteiger partial charge in [0.2, 0.25) is 0 Å². The van der Waals surface area contributed by atoms with E-state index in [1.165, 1.54) is 30.6 Å². The molecule has 2 bridgehead atoms. The van der Waals surface area contributed by atoms with Gasteiger partial charge >= 0.3 is 0 Å². The molecule has 5 heterocycles. The van der Waals surface area contributed by atoms with Crippen molar-refractivity contribution >= 4 is 0 Å². The number of aryl methyl sites for hydroxylation is 1. The van der Waals surface area contributed by atoms with Crippen LogP contribution < -0.4 is 5.32 Å². The number of hydrogen-bond donors (Lipinski definition) is 1. The molecule has 3 aliphatic heterocycles. The van der Waals surface area contributed by atoms with Crippen molar-refractivity contribution in [3.8, 4) is 11.3 Å². The molecule has 3 saturated heterocycles. The van der Waals surface area contributed by atoms with E-state index in [1.807, 2.05) is 12.3 Å². The lowest BCUT2D eigenvalue weighted by Gasteiger charge is -2.50. The van der Waals surface area contributed by atoms with Gasteiger partial charge in [-0.05, 0) is 43.5 Å². The molecule has 29 heavy (non-hydrogen) atoms. The molecular weight excluding hydrogens is 358 g/mol. The van der Waals surface area contributed by atoms with Gasteiger partial charge in [0.15, 0.2) is 0 Å². The van der Waals surface area contributed by atoms with Crippen LogP contribution in [0, 0.1) is 5.92 Å². The van der Waals surface area contributed by atoms with Crippen molar-refractivity contribution < 1.29 is 0 Å². The maximum atomic E-state index is 4.82. The Morgan fingerprint density at radius 3 is 2.72 bits per heavy atom. The average molecular weight is 388 g/mol. The van der Waals surface area contributed by atoms with Crippen molar-refractivity contribution in [1.29, 1.82) is 0 Å². The van der Waals surface area contributed by atoms with Gasteiger partial charge in [0.1, 0.15) is 0 Å². The number of nitrogens with one attached hydrogen (secondary N) is 1. The molecule has 0 amide bonds. The molecule has 5 nitrogen and oxygen atoms in total. The molecule has 4 atom stereocenters. The van der Waals surface area contributed by atoms with Gasteiger partial charge in [0, 0.05) is 56.1 Å². The summed E-state index contributed by atoms with van der Waals surface area (Å²) >= 11 is 0. The van der Waals surface area contributed by atoms with E-state index in [1.54, 1.807) is 0 Å². The van der Waals surface area contributed by atoms with Crippen LogP contribution in [0.4, 0.5) is 0 Å². The third kappa shape index (κ3) is 3.85. The summed E-state index contributed by atoms with van der Waals surface area (Å²) in [6, 6.07) is 19.6. The van der Waals surface area contributed by atoms with E-state index in [9.17, 15) is 0 Å². The molecule has 0 saturated carbocycles. The van der Waals surface area contributed by atoms with Gasteiger partial charge in [-0.15, -0.1) is 0 Å². The van der Waals surface area contributed by atoms with E-state index in [0.717, 1.165) is 36.9 Å². The lowest BCUT2D eigenvalue weighted by atomic mass is 9.74. The van der Waals surface area contributed by atoms with Crippen LogP contribution in [0.1, 0.15) is 30.1 Å².